The number of amides is 1. The monoisotopic (exact) mass is 478 g/mol. The van der Waals surface area contributed by atoms with Gasteiger partial charge in [-0.05, 0) is 102 Å². The predicted octanol–water partition coefficient (Wildman–Crippen LogP) is 4.96. The molecular formula is C29H42N4O2. The average Bonchev–Trinajstić information content (AvgIpc) is 2.84. The van der Waals surface area contributed by atoms with Crippen molar-refractivity contribution in [2.75, 3.05) is 25.0 Å². The summed E-state index contributed by atoms with van der Waals surface area (Å²) < 4.78 is 0. The summed E-state index contributed by atoms with van der Waals surface area (Å²) in [6.45, 7) is 16.3. The van der Waals surface area contributed by atoms with Crippen LogP contribution in [0.5, 0.6) is 0 Å². The molecule has 1 aromatic carbocycles. The molecule has 6 nitrogen and oxygen atoms in total. The maximum atomic E-state index is 13.3. The maximum absolute atomic E-state index is 13.3. The summed E-state index contributed by atoms with van der Waals surface area (Å²) in [5.74, 6) is -0.170. The zero-order valence-electron chi connectivity index (χ0n) is 22.3. The van der Waals surface area contributed by atoms with Crippen LogP contribution in [0.3, 0.4) is 0 Å². The Bertz CT molecular complexity index is 1110. The van der Waals surface area contributed by atoms with E-state index in [0.29, 0.717) is 23.2 Å². The van der Waals surface area contributed by atoms with E-state index in [9.17, 15) is 9.59 Å². The molecule has 0 aliphatic heterocycles. The Morgan fingerprint density at radius 1 is 1.09 bits per heavy atom. The molecule has 3 rings (SSSR count). The van der Waals surface area contributed by atoms with Crippen LogP contribution in [-0.4, -0.2) is 48.0 Å². The first-order valence-corrected chi connectivity index (χ1v) is 12.9. The third-order valence-corrected chi connectivity index (χ3v) is 7.68. The smallest absolute Gasteiger partial charge is 0.253 e. The van der Waals surface area contributed by atoms with Crippen molar-refractivity contribution in [3.8, 4) is 0 Å². The molecule has 1 fully saturated rings. The van der Waals surface area contributed by atoms with E-state index in [4.69, 9.17) is 0 Å². The number of carbonyl (C=O) groups excluding carboxylic acids is 1. The number of hydrogen-bond donors (Lipinski definition) is 2. The third-order valence-electron chi connectivity index (χ3n) is 7.68. The molecule has 1 aliphatic rings. The van der Waals surface area contributed by atoms with Crippen LogP contribution in [0.1, 0.15) is 77.8 Å². The van der Waals surface area contributed by atoms with Gasteiger partial charge in [0.05, 0.1) is 0 Å². The molecule has 1 heterocycles. The van der Waals surface area contributed by atoms with E-state index in [1.807, 2.05) is 32.9 Å². The highest BCUT2D eigenvalue weighted by Crippen LogP contribution is 2.33. The molecule has 2 aromatic rings. The molecule has 0 bridgehead atoms. The average molecular weight is 479 g/mol. The molecule has 190 valence electrons. The fraction of sp³-hybridized carbons (Fsp3) is 0.517. The van der Waals surface area contributed by atoms with Crippen LogP contribution >= 0.6 is 0 Å². The second kappa shape index (κ2) is 11.7. The molecule has 0 radical (unpaired) electrons. The summed E-state index contributed by atoms with van der Waals surface area (Å²) in [5.41, 5.74) is 5.77. The van der Waals surface area contributed by atoms with Crippen molar-refractivity contribution < 1.29 is 4.79 Å². The first-order chi connectivity index (χ1) is 16.7. The lowest BCUT2D eigenvalue weighted by molar-refractivity contribution is 0.0950. The molecule has 35 heavy (non-hydrogen) atoms. The highest BCUT2D eigenvalue weighted by Gasteiger charge is 2.28. The molecule has 0 unspecified atom stereocenters. The number of hydrogen-bond acceptors (Lipinski definition) is 4. The number of carbonyl (C=O) groups is 1. The standard InChI is InChI=1S/C29H42N4O2/c1-8-22-16-25(28(34)30-18-26-19(4)15-20(5)31-29(26)35)21(6)27(17-22)33(10-3)24-13-11-23(12-14-24)32(7)9-2/h8,15-17,23-24H,1,9-14,18H2,2-7H3,(H,30,34)(H,31,35). The highest BCUT2D eigenvalue weighted by atomic mass is 16.1. The Hall–Kier alpha value is -2.86. The Balaban J connectivity index is 1.84. The van der Waals surface area contributed by atoms with Gasteiger partial charge in [0.25, 0.3) is 11.5 Å². The zero-order chi connectivity index (χ0) is 25.7. The highest BCUT2D eigenvalue weighted by molar-refractivity contribution is 5.98. The first-order valence-electron chi connectivity index (χ1n) is 12.9. The zero-order valence-corrected chi connectivity index (χ0v) is 22.3. The van der Waals surface area contributed by atoms with Crippen LogP contribution in [0.4, 0.5) is 5.69 Å². The number of aryl methyl sites for hydroxylation is 2. The SMILES string of the molecule is C=Cc1cc(C(=O)NCc2c(C)cc(C)[nH]c2=O)c(C)c(N(CC)C2CCC(N(C)CC)CC2)c1. The van der Waals surface area contributed by atoms with Crippen LogP contribution in [0.2, 0.25) is 0 Å². The second-order valence-electron chi connectivity index (χ2n) is 9.86. The van der Waals surface area contributed by atoms with Crippen molar-refractivity contribution >= 4 is 17.7 Å². The number of benzene rings is 1. The Morgan fingerprint density at radius 3 is 2.31 bits per heavy atom. The van der Waals surface area contributed by atoms with Gasteiger partial charge < -0.3 is 20.1 Å². The number of anilines is 1. The molecule has 1 aliphatic carbocycles. The lowest BCUT2D eigenvalue weighted by atomic mass is 9.88. The number of nitrogens with one attached hydrogen (secondary N) is 2. The van der Waals surface area contributed by atoms with Gasteiger partial charge in [0.1, 0.15) is 0 Å². The molecule has 1 amide bonds. The van der Waals surface area contributed by atoms with E-state index in [1.165, 1.54) is 12.8 Å². The Labute approximate surface area is 210 Å². The molecule has 0 atom stereocenters. The molecule has 0 saturated heterocycles. The lowest BCUT2D eigenvalue weighted by Crippen LogP contribution is -2.43. The molecule has 1 aromatic heterocycles. The third kappa shape index (κ3) is 6.04. The van der Waals surface area contributed by atoms with Crippen LogP contribution in [-0.2, 0) is 6.54 Å². The minimum Gasteiger partial charge on any atom is -0.369 e. The van der Waals surface area contributed by atoms with Crippen LogP contribution in [0.15, 0.2) is 29.6 Å². The van der Waals surface area contributed by atoms with E-state index in [0.717, 1.165) is 54.0 Å². The number of pyridine rings is 1. The summed E-state index contributed by atoms with van der Waals surface area (Å²) in [5, 5.41) is 2.98. The maximum Gasteiger partial charge on any atom is 0.253 e. The van der Waals surface area contributed by atoms with Gasteiger partial charge in [-0.3, -0.25) is 9.59 Å². The van der Waals surface area contributed by atoms with Crippen molar-refractivity contribution in [1.82, 2.24) is 15.2 Å². The lowest BCUT2D eigenvalue weighted by Gasteiger charge is -2.41. The molecule has 2 N–H and O–H groups in total. The number of aromatic amines is 1. The summed E-state index contributed by atoms with van der Waals surface area (Å²) in [7, 11) is 2.22. The fourth-order valence-corrected chi connectivity index (χ4v) is 5.43. The number of rotatable bonds is 9. The summed E-state index contributed by atoms with van der Waals surface area (Å²) >= 11 is 0. The van der Waals surface area contributed by atoms with Gasteiger partial charge >= 0.3 is 0 Å². The summed E-state index contributed by atoms with van der Waals surface area (Å²) in [6.07, 6.45) is 6.50. The van der Waals surface area contributed by atoms with Gasteiger partial charge in [-0.1, -0.05) is 19.6 Å². The van der Waals surface area contributed by atoms with E-state index >= 15 is 0 Å². The fourth-order valence-electron chi connectivity index (χ4n) is 5.43. The van der Waals surface area contributed by atoms with Crippen molar-refractivity contribution in [2.24, 2.45) is 0 Å². The molecular weight excluding hydrogens is 436 g/mol. The van der Waals surface area contributed by atoms with Crippen LogP contribution in [0.25, 0.3) is 6.08 Å². The molecule has 1 saturated carbocycles. The number of aromatic nitrogens is 1. The summed E-state index contributed by atoms with van der Waals surface area (Å²) in [6, 6.07) is 7.10. The first kappa shape index (κ1) is 26.7. The van der Waals surface area contributed by atoms with Gasteiger partial charge in [-0.2, -0.15) is 0 Å². The Morgan fingerprint density at radius 2 is 1.74 bits per heavy atom. The van der Waals surface area contributed by atoms with Gasteiger partial charge in [0, 0.05) is 47.7 Å². The second-order valence-corrected chi connectivity index (χ2v) is 9.86. The van der Waals surface area contributed by atoms with Crippen molar-refractivity contribution in [3.63, 3.8) is 0 Å². The van der Waals surface area contributed by atoms with E-state index in [2.05, 4.69) is 53.6 Å². The van der Waals surface area contributed by atoms with Gasteiger partial charge in [-0.15, -0.1) is 0 Å². The number of H-pyrrole nitrogens is 1. The van der Waals surface area contributed by atoms with E-state index in [-0.39, 0.29) is 18.0 Å². The van der Waals surface area contributed by atoms with E-state index in [1.54, 1.807) is 6.08 Å². The summed E-state index contributed by atoms with van der Waals surface area (Å²) in [4.78, 5) is 33.4. The quantitative estimate of drug-likeness (QED) is 0.534. The van der Waals surface area contributed by atoms with Crippen molar-refractivity contribution in [3.05, 3.63) is 68.6 Å². The number of nitrogens with zero attached hydrogens (tertiary/aromatic N) is 2. The van der Waals surface area contributed by atoms with Crippen LogP contribution < -0.4 is 15.8 Å². The van der Waals surface area contributed by atoms with Crippen molar-refractivity contribution in [1.29, 1.82) is 0 Å². The largest absolute Gasteiger partial charge is 0.369 e. The van der Waals surface area contributed by atoms with Gasteiger partial charge in [-0.25, -0.2) is 0 Å². The van der Waals surface area contributed by atoms with Crippen LogP contribution in [0, 0.1) is 20.8 Å². The molecule has 0 spiro atoms. The normalized spacial score (nSPS) is 17.9. The minimum atomic E-state index is -0.170. The Kier molecular flexibility index (Phi) is 8.95. The van der Waals surface area contributed by atoms with Crippen molar-refractivity contribution in [2.45, 2.75) is 78.9 Å². The van der Waals surface area contributed by atoms with E-state index < -0.39 is 0 Å². The van der Waals surface area contributed by atoms with Gasteiger partial charge in [0.2, 0.25) is 0 Å². The van der Waals surface area contributed by atoms with Gasteiger partial charge in [0.15, 0.2) is 0 Å². The minimum absolute atomic E-state index is 0.151. The topological polar surface area (TPSA) is 68.4 Å². The predicted molar refractivity (Wildman–Crippen MR) is 146 cm³/mol. The molecule has 6 heteroatoms.